The van der Waals surface area contributed by atoms with E-state index >= 15 is 0 Å². The van der Waals surface area contributed by atoms with Gasteiger partial charge < -0.3 is 5.32 Å². The van der Waals surface area contributed by atoms with E-state index in [1.807, 2.05) is 0 Å². The first-order valence-electron chi connectivity index (χ1n) is 5.81. The fourth-order valence-corrected chi connectivity index (χ4v) is 1.85. The second-order valence-corrected chi connectivity index (χ2v) is 4.84. The molecule has 0 spiro atoms. The Hall–Kier alpha value is -0.730. The molecule has 94 valence electrons. The molecule has 1 aromatic carbocycles. The average molecular weight is 274 g/mol. The van der Waals surface area contributed by atoms with Crippen molar-refractivity contribution in [3.8, 4) is 0 Å². The van der Waals surface area contributed by atoms with Crippen LogP contribution in [0, 0.1) is 5.92 Å². The quantitative estimate of drug-likeness (QED) is 0.858. The molecule has 1 aromatic rings. The minimum atomic E-state index is -0.101. The van der Waals surface area contributed by atoms with Gasteiger partial charge in [0.15, 0.2) is 0 Å². The lowest BCUT2D eigenvalue weighted by molar-refractivity contribution is 0.0946. The first-order chi connectivity index (χ1) is 8.08. The largest absolute Gasteiger partial charge is 0.352 e. The molecule has 1 N–H and O–H groups in total. The molecule has 0 saturated heterocycles. The molecule has 0 atom stereocenters. The Labute approximate surface area is 112 Å². The summed E-state index contributed by atoms with van der Waals surface area (Å²) in [5.74, 6) is 0.428. The van der Waals surface area contributed by atoms with Crippen LogP contribution in [0.3, 0.4) is 0 Å². The molecule has 0 heterocycles. The van der Waals surface area contributed by atoms with E-state index in [4.69, 9.17) is 23.2 Å². The van der Waals surface area contributed by atoms with E-state index in [-0.39, 0.29) is 5.91 Å². The predicted octanol–water partition coefficient (Wildman–Crippen LogP) is 4.16. The zero-order valence-corrected chi connectivity index (χ0v) is 11.6. The summed E-state index contributed by atoms with van der Waals surface area (Å²) in [6.07, 6.45) is 2.14. The highest BCUT2D eigenvalue weighted by Gasteiger charge is 2.10. The Morgan fingerprint density at radius 2 is 1.88 bits per heavy atom. The molecule has 0 saturated carbocycles. The molecule has 0 aliphatic rings. The first-order valence-corrected chi connectivity index (χ1v) is 6.57. The fraction of sp³-hybridized carbons (Fsp3) is 0.462. The second kappa shape index (κ2) is 6.87. The maximum atomic E-state index is 11.8. The molecule has 0 aromatic heterocycles. The summed E-state index contributed by atoms with van der Waals surface area (Å²) in [6.45, 7) is 4.95. The summed E-state index contributed by atoms with van der Waals surface area (Å²) in [6, 6.07) is 4.90. The van der Waals surface area contributed by atoms with Crippen molar-refractivity contribution in [3.05, 3.63) is 33.8 Å². The maximum absolute atomic E-state index is 11.8. The molecule has 0 radical (unpaired) electrons. The number of hydrogen-bond donors (Lipinski definition) is 1. The van der Waals surface area contributed by atoms with Crippen LogP contribution in [0.25, 0.3) is 0 Å². The Kier molecular flexibility index (Phi) is 5.79. The van der Waals surface area contributed by atoms with E-state index in [0.717, 1.165) is 12.8 Å². The van der Waals surface area contributed by atoms with E-state index in [1.54, 1.807) is 18.2 Å². The number of amides is 1. The summed E-state index contributed by atoms with van der Waals surface area (Å²) >= 11 is 11.7. The van der Waals surface area contributed by atoms with Crippen molar-refractivity contribution in [1.29, 1.82) is 0 Å². The van der Waals surface area contributed by atoms with Gasteiger partial charge in [0, 0.05) is 12.1 Å². The maximum Gasteiger partial charge on any atom is 0.251 e. The van der Waals surface area contributed by atoms with E-state index in [2.05, 4.69) is 19.2 Å². The van der Waals surface area contributed by atoms with Gasteiger partial charge in [0.1, 0.15) is 0 Å². The lowest BCUT2D eigenvalue weighted by Crippen LogP contribution is -2.28. The highest BCUT2D eigenvalue weighted by atomic mass is 35.5. The number of hydrogen-bond acceptors (Lipinski definition) is 1. The lowest BCUT2D eigenvalue weighted by atomic mass is 10.0. The SMILES string of the molecule is CCC(CC)CNC(=O)c1ccc(Cl)c(Cl)c1. The topological polar surface area (TPSA) is 29.1 Å². The van der Waals surface area contributed by atoms with Crippen LogP contribution < -0.4 is 5.32 Å². The van der Waals surface area contributed by atoms with Crippen LogP contribution in [0.1, 0.15) is 37.0 Å². The second-order valence-electron chi connectivity index (χ2n) is 4.02. The van der Waals surface area contributed by atoms with Crippen LogP contribution in [0.15, 0.2) is 18.2 Å². The minimum absolute atomic E-state index is 0.101. The van der Waals surface area contributed by atoms with Gasteiger partial charge in [-0.1, -0.05) is 49.9 Å². The van der Waals surface area contributed by atoms with Gasteiger partial charge in [-0.15, -0.1) is 0 Å². The Balaban J connectivity index is 2.61. The number of rotatable bonds is 5. The molecule has 17 heavy (non-hydrogen) atoms. The number of carbonyl (C=O) groups excluding carboxylic acids is 1. The molecule has 1 rings (SSSR count). The van der Waals surface area contributed by atoms with Crippen LogP contribution in [0.2, 0.25) is 10.0 Å². The molecular formula is C13H17Cl2NO. The van der Waals surface area contributed by atoms with Gasteiger partial charge in [-0.05, 0) is 24.1 Å². The monoisotopic (exact) mass is 273 g/mol. The van der Waals surface area contributed by atoms with Crippen molar-refractivity contribution in [2.75, 3.05) is 6.54 Å². The third kappa shape index (κ3) is 4.21. The van der Waals surface area contributed by atoms with E-state index in [0.29, 0.717) is 28.1 Å². The number of halogens is 2. The summed E-state index contributed by atoms with van der Waals surface area (Å²) in [7, 11) is 0. The first kappa shape index (κ1) is 14.3. The Morgan fingerprint density at radius 3 is 2.41 bits per heavy atom. The molecule has 0 aliphatic carbocycles. The van der Waals surface area contributed by atoms with Crippen LogP contribution in [0.4, 0.5) is 0 Å². The van der Waals surface area contributed by atoms with Crippen LogP contribution in [0.5, 0.6) is 0 Å². The highest BCUT2D eigenvalue weighted by molar-refractivity contribution is 6.42. The van der Waals surface area contributed by atoms with Crippen molar-refractivity contribution in [1.82, 2.24) is 5.32 Å². The number of benzene rings is 1. The normalized spacial score (nSPS) is 10.6. The van der Waals surface area contributed by atoms with Crippen molar-refractivity contribution >= 4 is 29.1 Å². The van der Waals surface area contributed by atoms with Gasteiger partial charge in [0.05, 0.1) is 10.0 Å². The van der Waals surface area contributed by atoms with Crippen molar-refractivity contribution < 1.29 is 4.79 Å². The van der Waals surface area contributed by atoms with E-state index in [1.165, 1.54) is 0 Å². The van der Waals surface area contributed by atoms with Crippen LogP contribution >= 0.6 is 23.2 Å². The van der Waals surface area contributed by atoms with Gasteiger partial charge in [-0.25, -0.2) is 0 Å². The lowest BCUT2D eigenvalue weighted by Gasteiger charge is -2.13. The molecular weight excluding hydrogens is 257 g/mol. The van der Waals surface area contributed by atoms with Gasteiger partial charge in [0.25, 0.3) is 5.91 Å². The van der Waals surface area contributed by atoms with Crippen LogP contribution in [-0.2, 0) is 0 Å². The molecule has 1 amide bonds. The summed E-state index contributed by atoms with van der Waals surface area (Å²) in [5, 5.41) is 3.77. The molecule has 2 nitrogen and oxygen atoms in total. The Morgan fingerprint density at radius 1 is 1.24 bits per heavy atom. The number of carbonyl (C=O) groups is 1. The zero-order valence-electron chi connectivity index (χ0n) is 10.1. The fourth-order valence-electron chi connectivity index (χ4n) is 1.55. The van der Waals surface area contributed by atoms with Crippen molar-refractivity contribution in [3.63, 3.8) is 0 Å². The van der Waals surface area contributed by atoms with E-state index in [9.17, 15) is 4.79 Å². The molecule has 0 aliphatic heterocycles. The summed E-state index contributed by atoms with van der Waals surface area (Å²) in [5.41, 5.74) is 0.547. The molecule has 0 fully saturated rings. The highest BCUT2D eigenvalue weighted by Crippen LogP contribution is 2.22. The average Bonchev–Trinajstić information content (AvgIpc) is 2.33. The Bertz CT molecular complexity index is 389. The van der Waals surface area contributed by atoms with Gasteiger partial charge >= 0.3 is 0 Å². The van der Waals surface area contributed by atoms with Gasteiger partial charge in [0.2, 0.25) is 0 Å². The predicted molar refractivity (Wildman–Crippen MR) is 72.9 cm³/mol. The smallest absolute Gasteiger partial charge is 0.251 e. The standard InChI is InChI=1S/C13H17Cl2NO/c1-3-9(4-2)8-16-13(17)10-5-6-11(14)12(15)7-10/h5-7,9H,3-4,8H2,1-2H3,(H,16,17). The van der Waals surface area contributed by atoms with Crippen molar-refractivity contribution in [2.45, 2.75) is 26.7 Å². The summed E-state index contributed by atoms with van der Waals surface area (Å²) in [4.78, 5) is 11.8. The van der Waals surface area contributed by atoms with Gasteiger partial charge in [-0.3, -0.25) is 4.79 Å². The minimum Gasteiger partial charge on any atom is -0.352 e. The third-order valence-corrected chi connectivity index (χ3v) is 3.63. The van der Waals surface area contributed by atoms with Gasteiger partial charge in [-0.2, -0.15) is 0 Å². The number of nitrogens with one attached hydrogen (secondary N) is 1. The molecule has 0 unspecified atom stereocenters. The zero-order chi connectivity index (χ0) is 12.8. The summed E-state index contributed by atoms with van der Waals surface area (Å²) < 4.78 is 0. The molecule has 4 heteroatoms. The van der Waals surface area contributed by atoms with Crippen LogP contribution in [-0.4, -0.2) is 12.5 Å². The van der Waals surface area contributed by atoms with Crippen molar-refractivity contribution in [2.24, 2.45) is 5.92 Å². The van der Waals surface area contributed by atoms with E-state index < -0.39 is 0 Å². The third-order valence-electron chi connectivity index (χ3n) is 2.89. The molecule has 0 bridgehead atoms.